The van der Waals surface area contributed by atoms with E-state index in [2.05, 4.69) is 14.9 Å². The van der Waals surface area contributed by atoms with Crippen LogP contribution >= 0.6 is 11.6 Å². The Balaban J connectivity index is 1.57. The zero-order valence-electron chi connectivity index (χ0n) is 16.9. The van der Waals surface area contributed by atoms with Gasteiger partial charge in [0.1, 0.15) is 0 Å². The Bertz CT molecular complexity index is 1100. The predicted octanol–water partition coefficient (Wildman–Crippen LogP) is 4.49. The van der Waals surface area contributed by atoms with E-state index >= 15 is 0 Å². The van der Waals surface area contributed by atoms with Crippen molar-refractivity contribution in [2.75, 3.05) is 13.2 Å². The fourth-order valence-corrected chi connectivity index (χ4v) is 3.90. The van der Waals surface area contributed by atoms with Gasteiger partial charge in [-0.2, -0.15) is 13.2 Å². The van der Waals surface area contributed by atoms with E-state index in [1.54, 1.807) is 6.20 Å². The monoisotopic (exact) mass is 467 g/mol. The molecule has 32 heavy (non-hydrogen) atoms. The van der Waals surface area contributed by atoms with Crippen LogP contribution in [0.25, 0.3) is 0 Å². The van der Waals surface area contributed by atoms with E-state index in [-0.39, 0.29) is 28.9 Å². The highest BCUT2D eigenvalue weighted by molar-refractivity contribution is 6.31. The third-order valence-corrected chi connectivity index (χ3v) is 5.62. The number of aromatic amines is 2. The summed E-state index contributed by atoms with van der Waals surface area (Å²) < 4.78 is 51.1. The van der Waals surface area contributed by atoms with E-state index in [4.69, 9.17) is 21.1 Å². The van der Waals surface area contributed by atoms with Crippen molar-refractivity contribution >= 4 is 11.6 Å². The molecule has 1 aromatic heterocycles. The van der Waals surface area contributed by atoms with Gasteiger partial charge in [0.15, 0.2) is 6.29 Å². The number of imidazole rings is 1. The van der Waals surface area contributed by atoms with Crippen LogP contribution in [-0.4, -0.2) is 34.3 Å². The third kappa shape index (κ3) is 5.24. The van der Waals surface area contributed by atoms with Crippen molar-refractivity contribution in [3.63, 3.8) is 0 Å². The van der Waals surface area contributed by atoms with Gasteiger partial charge in [0.25, 0.3) is 0 Å². The van der Waals surface area contributed by atoms with E-state index in [9.17, 15) is 18.0 Å². The van der Waals surface area contributed by atoms with Gasteiger partial charge in [0, 0.05) is 30.0 Å². The van der Waals surface area contributed by atoms with Crippen LogP contribution in [0.5, 0.6) is 0 Å². The molecule has 0 bridgehead atoms. The van der Waals surface area contributed by atoms with Crippen LogP contribution in [-0.2, 0) is 28.8 Å². The number of ether oxygens (including phenoxy) is 2. The van der Waals surface area contributed by atoms with Gasteiger partial charge in [0.05, 0.1) is 24.8 Å². The summed E-state index contributed by atoms with van der Waals surface area (Å²) in [6.45, 7) is 1.23. The molecular weight excluding hydrogens is 447 g/mol. The molecule has 2 atom stereocenters. The zero-order valence-corrected chi connectivity index (χ0v) is 17.6. The van der Waals surface area contributed by atoms with Crippen molar-refractivity contribution < 1.29 is 22.6 Å². The Morgan fingerprint density at radius 2 is 1.97 bits per heavy atom. The highest BCUT2D eigenvalue weighted by Gasteiger charge is 2.35. The molecule has 0 saturated carbocycles. The van der Waals surface area contributed by atoms with Crippen LogP contribution in [0.3, 0.4) is 0 Å². The van der Waals surface area contributed by atoms with Gasteiger partial charge in [-0.15, -0.1) is 0 Å². The normalized spacial score (nSPS) is 19.9. The molecule has 2 N–H and O–H groups in total. The molecule has 2 aromatic carbocycles. The van der Waals surface area contributed by atoms with Crippen LogP contribution in [0, 0.1) is 0 Å². The Kier molecular flexibility index (Phi) is 6.71. The minimum Gasteiger partial charge on any atom is -0.349 e. The second kappa shape index (κ2) is 9.50. The summed E-state index contributed by atoms with van der Waals surface area (Å²) in [4.78, 5) is 18.9. The molecule has 6 nitrogen and oxygen atoms in total. The number of H-pyrrole nitrogens is 2. The van der Waals surface area contributed by atoms with Gasteiger partial charge in [0.2, 0.25) is 0 Å². The smallest absolute Gasteiger partial charge is 0.349 e. The number of alkyl halides is 3. The van der Waals surface area contributed by atoms with Gasteiger partial charge in [-0.3, -0.25) is 4.90 Å². The van der Waals surface area contributed by atoms with Crippen LogP contribution in [0.2, 0.25) is 5.02 Å². The van der Waals surface area contributed by atoms with Crippen LogP contribution < -0.4 is 5.69 Å². The summed E-state index contributed by atoms with van der Waals surface area (Å²) in [5.74, 6) is 0. The number of morpholine rings is 1. The SMILES string of the molecule is O=c1[nH]cc(CN2CCOC(OCc3cc(C(F)(F)F)ccc3Cl)C2c2ccccc2)[nH]1. The molecule has 3 aromatic rings. The van der Waals surface area contributed by atoms with E-state index in [1.165, 1.54) is 6.07 Å². The van der Waals surface area contributed by atoms with Gasteiger partial charge >= 0.3 is 11.9 Å². The van der Waals surface area contributed by atoms with Crippen molar-refractivity contribution in [2.24, 2.45) is 0 Å². The molecule has 0 spiro atoms. The molecule has 2 heterocycles. The molecule has 2 unspecified atom stereocenters. The lowest BCUT2D eigenvalue weighted by molar-refractivity contribution is -0.218. The van der Waals surface area contributed by atoms with E-state index in [1.807, 2.05) is 30.3 Å². The fourth-order valence-electron chi connectivity index (χ4n) is 3.73. The molecule has 0 radical (unpaired) electrons. The van der Waals surface area contributed by atoms with Crippen molar-refractivity contribution in [3.05, 3.63) is 92.6 Å². The highest BCUT2D eigenvalue weighted by atomic mass is 35.5. The van der Waals surface area contributed by atoms with Gasteiger partial charge < -0.3 is 19.4 Å². The first-order chi connectivity index (χ1) is 15.3. The second-order valence-corrected chi connectivity index (χ2v) is 7.86. The average molecular weight is 468 g/mol. The molecule has 1 aliphatic rings. The molecule has 1 fully saturated rings. The van der Waals surface area contributed by atoms with E-state index in [0.717, 1.165) is 17.7 Å². The maximum absolute atomic E-state index is 13.1. The van der Waals surface area contributed by atoms with Crippen molar-refractivity contribution in [2.45, 2.75) is 31.7 Å². The maximum atomic E-state index is 13.1. The van der Waals surface area contributed by atoms with Crippen molar-refractivity contribution in [1.29, 1.82) is 0 Å². The topological polar surface area (TPSA) is 70.3 Å². The van der Waals surface area contributed by atoms with Gasteiger partial charge in [-0.1, -0.05) is 41.9 Å². The first kappa shape index (κ1) is 22.6. The molecule has 1 saturated heterocycles. The minimum atomic E-state index is -4.47. The Hall–Kier alpha value is -2.59. The Morgan fingerprint density at radius 1 is 1.19 bits per heavy atom. The van der Waals surface area contributed by atoms with E-state index in [0.29, 0.717) is 25.4 Å². The summed E-state index contributed by atoms with van der Waals surface area (Å²) in [7, 11) is 0. The molecular formula is C22H21ClF3N3O3. The van der Waals surface area contributed by atoms with Crippen LogP contribution in [0.1, 0.15) is 28.4 Å². The number of rotatable bonds is 6. The summed E-state index contributed by atoms with van der Waals surface area (Å²) >= 11 is 6.12. The van der Waals surface area contributed by atoms with Gasteiger partial charge in [-0.25, -0.2) is 4.79 Å². The first-order valence-electron chi connectivity index (χ1n) is 9.95. The van der Waals surface area contributed by atoms with Crippen LogP contribution in [0.4, 0.5) is 13.2 Å². The molecule has 1 aliphatic heterocycles. The van der Waals surface area contributed by atoms with E-state index < -0.39 is 18.0 Å². The Labute approximate surface area is 186 Å². The minimum absolute atomic E-state index is 0.147. The number of hydrogen-bond donors (Lipinski definition) is 2. The number of aromatic nitrogens is 2. The third-order valence-electron chi connectivity index (χ3n) is 5.25. The van der Waals surface area contributed by atoms with Crippen LogP contribution in [0.15, 0.2) is 59.5 Å². The quantitative estimate of drug-likeness (QED) is 0.560. The lowest BCUT2D eigenvalue weighted by Gasteiger charge is -2.41. The summed E-state index contributed by atoms with van der Waals surface area (Å²) in [6, 6.07) is 12.3. The first-order valence-corrected chi connectivity index (χ1v) is 10.3. The average Bonchev–Trinajstić information content (AvgIpc) is 3.17. The number of nitrogens with one attached hydrogen (secondary N) is 2. The molecule has 170 valence electrons. The lowest BCUT2D eigenvalue weighted by Crippen LogP contribution is -2.46. The largest absolute Gasteiger partial charge is 0.416 e. The molecule has 4 rings (SSSR count). The number of halogens is 4. The molecule has 10 heteroatoms. The number of nitrogens with zero attached hydrogens (tertiary/aromatic N) is 1. The molecule has 0 aliphatic carbocycles. The highest BCUT2D eigenvalue weighted by Crippen LogP contribution is 2.34. The summed E-state index contributed by atoms with van der Waals surface area (Å²) in [5.41, 5.74) is 0.769. The standard InChI is InChI=1S/C22H21ClF3N3O3/c23-18-7-6-16(22(24,25)26)10-15(18)13-32-20-19(14-4-2-1-3-5-14)29(8-9-31-20)12-17-11-27-21(30)28-17/h1-7,10-11,19-20H,8-9,12-13H2,(H2,27,28,30). The van der Waals surface area contributed by atoms with Crippen molar-refractivity contribution in [3.8, 4) is 0 Å². The zero-order chi connectivity index (χ0) is 22.7. The Morgan fingerprint density at radius 3 is 2.66 bits per heavy atom. The lowest BCUT2D eigenvalue weighted by atomic mass is 10.0. The number of hydrogen-bond acceptors (Lipinski definition) is 4. The second-order valence-electron chi connectivity index (χ2n) is 7.45. The van der Waals surface area contributed by atoms with Gasteiger partial charge in [-0.05, 0) is 29.3 Å². The summed E-state index contributed by atoms with van der Waals surface area (Å²) in [6.07, 6.45) is -3.61. The predicted molar refractivity (Wildman–Crippen MR) is 112 cm³/mol. The molecule has 0 amide bonds. The number of benzene rings is 2. The summed E-state index contributed by atoms with van der Waals surface area (Å²) in [5, 5.41) is 0.187. The fraction of sp³-hybridized carbons (Fsp3) is 0.318. The maximum Gasteiger partial charge on any atom is 0.416 e. The van der Waals surface area contributed by atoms with Crippen molar-refractivity contribution in [1.82, 2.24) is 14.9 Å².